The van der Waals surface area contributed by atoms with Crippen LogP contribution in [0.1, 0.15) is 71.7 Å². The van der Waals surface area contributed by atoms with Crippen LogP contribution >= 0.6 is 0 Å². The number of hydrogen-bond donors (Lipinski definition) is 1. The van der Waals surface area contributed by atoms with Crippen molar-refractivity contribution in [1.82, 2.24) is 4.98 Å². The first-order valence-corrected chi connectivity index (χ1v) is 11.2. The zero-order chi connectivity index (χ0) is 17.2. The summed E-state index contributed by atoms with van der Waals surface area (Å²) in [5.41, 5.74) is 3.89. The lowest BCUT2D eigenvalue weighted by Gasteiger charge is -2.44. The maximum Gasteiger partial charge on any atom is 0.201 e. The minimum atomic E-state index is -1.95. The van der Waals surface area contributed by atoms with Crippen molar-refractivity contribution in [3.05, 3.63) is 29.6 Å². The molecule has 4 heteroatoms. The second-order valence-corrected chi connectivity index (χ2v) is 13.3. The molecule has 0 bridgehead atoms. The van der Waals surface area contributed by atoms with Crippen molar-refractivity contribution in [2.24, 2.45) is 0 Å². The second kappa shape index (κ2) is 7.45. The molecule has 2 rings (SSSR count). The molecule has 0 saturated heterocycles. The van der Waals surface area contributed by atoms with Crippen LogP contribution in [0.2, 0.25) is 16.6 Å². The van der Waals surface area contributed by atoms with Crippen LogP contribution in [0.4, 0.5) is 0 Å². The monoisotopic (exact) mass is 335 g/mol. The zero-order valence-electron chi connectivity index (χ0n) is 15.5. The van der Waals surface area contributed by atoms with E-state index in [1.54, 1.807) is 0 Å². The summed E-state index contributed by atoms with van der Waals surface area (Å²) in [4.78, 5) is 4.64. The molecule has 0 amide bonds. The van der Waals surface area contributed by atoms with Crippen LogP contribution in [-0.4, -0.2) is 24.5 Å². The molecule has 0 radical (unpaired) electrons. The Kier molecular flexibility index (Phi) is 6.03. The quantitative estimate of drug-likeness (QED) is 0.607. The lowest BCUT2D eigenvalue weighted by Crippen LogP contribution is -2.48. The number of aliphatic hydroxyl groups is 1. The molecule has 130 valence electrons. The summed E-state index contributed by atoms with van der Waals surface area (Å²) in [7, 11) is -1.95. The van der Waals surface area contributed by atoms with E-state index in [0.29, 0.717) is 23.0 Å². The van der Waals surface area contributed by atoms with Crippen molar-refractivity contribution in [2.45, 2.75) is 89.6 Å². The number of aromatic nitrogens is 1. The average molecular weight is 336 g/mol. The summed E-state index contributed by atoms with van der Waals surface area (Å²) in [6.45, 7) is 13.9. The smallest absolute Gasteiger partial charge is 0.201 e. The standard InChI is InChI=1S/C19H33NO2Si/c1-13(2)23(14(3)4,15(5)6)22-18-10-9-17(21)12-16-8-7-11-20-19(16)18/h7-8,11,13-15,17-18,21H,9-10,12H2,1-6H3. The van der Waals surface area contributed by atoms with Crippen LogP contribution in [0.25, 0.3) is 0 Å². The van der Waals surface area contributed by atoms with Crippen molar-refractivity contribution in [2.75, 3.05) is 0 Å². The first-order valence-electron chi connectivity index (χ1n) is 9.08. The number of fused-ring (bicyclic) bond motifs is 1. The van der Waals surface area contributed by atoms with Gasteiger partial charge in [0.05, 0.1) is 17.9 Å². The van der Waals surface area contributed by atoms with Crippen molar-refractivity contribution >= 4 is 8.32 Å². The predicted octanol–water partition coefficient (Wildman–Crippen LogP) is 5.01. The minimum Gasteiger partial charge on any atom is -0.408 e. The zero-order valence-corrected chi connectivity index (χ0v) is 16.5. The summed E-state index contributed by atoms with van der Waals surface area (Å²) in [5.74, 6) is 0. The van der Waals surface area contributed by atoms with Gasteiger partial charge in [0.2, 0.25) is 8.32 Å². The molecule has 0 aromatic carbocycles. The highest BCUT2D eigenvalue weighted by Crippen LogP contribution is 2.46. The normalized spacial score (nSPS) is 22.5. The first kappa shape index (κ1) is 18.6. The van der Waals surface area contributed by atoms with Gasteiger partial charge in [-0.15, -0.1) is 0 Å². The average Bonchev–Trinajstić information content (AvgIpc) is 2.62. The number of nitrogens with zero attached hydrogens (tertiary/aromatic N) is 1. The Hall–Kier alpha value is -0.713. The van der Waals surface area contributed by atoms with Gasteiger partial charge in [-0.05, 0) is 41.1 Å². The van der Waals surface area contributed by atoms with E-state index < -0.39 is 8.32 Å². The van der Waals surface area contributed by atoms with Crippen LogP contribution < -0.4 is 0 Å². The van der Waals surface area contributed by atoms with Gasteiger partial charge >= 0.3 is 0 Å². The van der Waals surface area contributed by atoms with E-state index in [0.717, 1.165) is 24.1 Å². The summed E-state index contributed by atoms with van der Waals surface area (Å²) in [5, 5.41) is 10.2. The third kappa shape index (κ3) is 3.70. The predicted molar refractivity (Wildman–Crippen MR) is 98.1 cm³/mol. The van der Waals surface area contributed by atoms with Crippen LogP contribution in [0.5, 0.6) is 0 Å². The lowest BCUT2D eigenvalue weighted by atomic mass is 10.1. The number of aliphatic hydroxyl groups excluding tert-OH is 1. The molecule has 1 aliphatic rings. The molecular formula is C19H33NO2Si. The fraction of sp³-hybridized carbons (Fsp3) is 0.737. The highest BCUT2D eigenvalue weighted by Gasteiger charge is 2.47. The van der Waals surface area contributed by atoms with Crippen molar-refractivity contribution in [3.63, 3.8) is 0 Å². The third-order valence-electron chi connectivity index (χ3n) is 5.50. The Morgan fingerprint density at radius 3 is 2.26 bits per heavy atom. The Morgan fingerprint density at radius 2 is 1.70 bits per heavy atom. The fourth-order valence-corrected chi connectivity index (χ4v) is 10.1. The Labute approximate surface area is 142 Å². The van der Waals surface area contributed by atoms with Gasteiger partial charge in [-0.1, -0.05) is 47.6 Å². The fourth-order valence-electron chi connectivity index (χ4n) is 4.52. The molecule has 1 aromatic heterocycles. The lowest BCUT2D eigenvalue weighted by molar-refractivity contribution is 0.125. The van der Waals surface area contributed by atoms with Gasteiger partial charge < -0.3 is 9.53 Å². The van der Waals surface area contributed by atoms with Gasteiger partial charge in [0.25, 0.3) is 0 Å². The van der Waals surface area contributed by atoms with E-state index in [1.807, 2.05) is 12.3 Å². The molecule has 0 spiro atoms. The molecule has 0 saturated carbocycles. The third-order valence-corrected chi connectivity index (χ3v) is 11.6. The van der Waals surface area contributed by atoms with Crippen molar-refractivity contribution in [3.8, 4) is 0 Å². The van der Waals surface area contributed by atoms with Crippen LogP contribution in [-0.2, 0) is 10.8 Å². The topological polar surface area (TPSA) is 42.4 Å². The maximum atomic E-state index is 10.2. The van der Waals surface area contributed by atoms with E-state index in [2.05, 4.69) is 52.6 Å². The first-order chi connectivity index (χ1) is 10.8. The summed E-state index contributed by atoms with van der Waals surface area (Å²) in [6.07, 6.45) is 3.96. The highest BCUT2D eigenvalue weighted by molar-refractivity contribution is 6.77. The van der Waals surface area contributed by atoms with E-state index >= 15 is 0 Å². The molecule has 1 aromatic rings. The van der Waals surface area contributed by atoms with E-state index in [4.69, 9.17) is 4.43 Å². The number of pyridine rings is 1. The highest BCUT2D eigenvalue weighted by atomic mass is 28.4. The van der Waals surface area contributed by atoms with E-state index in [9.17, 15) is 5.11 Å². The number of hydrogen-bond acceptors (Lipinski definition) is 3. The molecular weight excluding hydrogens is 302 g/mol. The van der Waals surface area contributed by atoms with Crippen LogP contribution in [0.3, 0.4) is 0 Å². The van der Waals surface area contributed by atoms with Gasteiger partial charge in [0.15, 0.2) is 0 Å². The Morgan fingerprint density at radius 1 is 1.09 bits per heavy atom. The van der Waals surface area contributed by atoms with Crippen molar-refractivity contribution in [1.29, 1.82) is 0 Å². The van der Waals surface area contributed by atoms with Crippen molar-refractivity contribution < 1.29 is 9.53 Å². The van der Waals surface area contributed by atoms with Crippen LogP contribution in [0.15, 0.2) is 18.3 Å². The van der Waals surface area contributed by atoms with E-state index in [-0.39, 0.29) is 12.2 Å². The maximum absolute atomic E-state index is 10.2. The number of rotatable bonds is 5. The van der Waals surface area contributed by atoms with Gasteiger partial charge in [-0.2, -0.15) is 0 Å². The molecule has 1 heterocycles. The Bertz CT molecular complexity index is 494. The summed E-state index contributed by atoms with van der Waals surface area (Å²) in [6, 6.07) is 4.06. The molecule has 2 unspecified atom stereocenters. The van der Waals surface area contributed by atoms with Crippen LogP contribution in [0, 0.1) is 0 Å². The largest absolute Gasteiger partial charge is 0.408 e. The molecule has 1 aliphatic carbocycles. The molecule has 0 fully saturated rings. The second-order valence-electron chi connectivity index (χ2n) is 7.91. The van der Waals surface area contributed by atoms with E-state index in [1.165, 1.54) is 0 Å². The van der Waals surface area contributed by atoms with Gasteiger partial charge in [0.1, 0.15) is 0 Å². The summed E-state index contributed by atoms with van der Waals surface area (Å²) < 4.78 is 6.98. The molecule has 2 atom stereocenters. The molecule has 0 aliphatic heterocycles. The van der Waals surface area contributed by atoms with Gasteiger partial charge in [0, 0.05) is 12.6 Å². The molecule has 3 nitrogen and oxygen atoms in total. The Balaban J connectivity index is 2.40. The SMILES string of the molecule is CC(C)[Si](OC1CCC(O)Cc2cccnc21)(C(C)C)C(C)C. The van der Waals surface area contributed by atoms with Gasteiger partial charge in [-0.3, -0.25) is 4.98 Å². The van der Waals surface area contributed by atoms with Gasteiger partial charge in [-0.25, -0.2) is 0 Å². The minimum absolute atomic E-state index is 0.0298. The molecule has 23 heavy (non-hydrogen) atoms. The summed E-state index contributed by atoms with van der Waals surface area (Å²) >= 11 is 0. The molecule has 1 N–H and O–H groups in total.